The number of nitro groups is 1. The van der Waals surface area contributed by atoms with E-state index in [0.29, 0.717) is 26.1 Å². The highest BCUT2D eigenvalue weighted by atomic mass is 16.6. The van der Waals surface area contributed by atoms with Crippen LogP contribution in [0.3, 0.4) is 0 Å². The van der Waals surface area contributed by atoms with Gasteiger partial charge in [0.2, 0.25) is 0 Å². The Bertz CT molecular complexity index is 578. The van der Waals surface area contributed by atoms with Crippen molar-refractivity contribution in [2.24, 2.45) is 5.41 Å². The number of nitrogens with zero attached hydrogens (tertiary/aromatic N) is 1. The first-order valence-corrected chi connectivity index (χ1v) is 6.78. The molecule has 1 fully saturated rings. The SMILES string of the molecule is O=C(NCC1(C(=O)O)CCOCC1)c1ccc([N+](=O)[O-])cc1. The molecule has 22 heavy (non-hydrogen) atoms. The average molecular weight is 308 g/mol. The van der Waals surface area contributed by atoms with E-state index in [1.807, 2.05) is 0 Å². The molecule has 1 aliphatic rings. The van der Waals surface area contributed by atoms with E-state index in [1.165, 1.54) is 24.3 Å². The molecule has 1 saturated heterocycles. The Balaban J connectivity index is 2.01. The number of rotatable bonds is 5. The molecule has 118 valence electrons. The fourth-order valence-corrected chi connectivity index (χ4v) is 2.31. The molecule has 1 heterocycles. The molecule has 8 nitrogen and oxygen atoms in total. The van der Waals surface area contributed by atoms with Crippen molar-refractivity contribution in [1.29, 1.82) is 0 Å². The summed E-state index contributed by atoms with van der Waals surface area (Å²) in [5.74, 6) is -1.41. The quantitative estimate of drug-likeness (QED) is 0.623. The van der Waals surface area contributed by atoms with E-state index >= 15 is 0 Å². The van der Waals surface area contributed by atoms with Crippen LogP contribution in [-0.4, -0.2) is 41.7 Å². The lowest BCUT2D eigenvalue weighted by Gasteiger charge is -2.33. The molecular formula is C14H16N2O6. The number of nitro benzene ring substituents is 1. The minimum atomic E-state index is -1.02. The van der Waals surface area contributed by atoms with E-state index in [9.17, 15) is 24.8 Å². The number of carbonyl (C=O) groups excluding carboxylic acids is 1. The van der Waals surface area contributed by atoms with Crippen LogP contribution in [-0.2, 0) is 9.53 Å². The molecule has 0 spiro atoms. The lowest BCUT2D eigenvalue weighted by molar-refractivity contribution is -0.384. The molecule has 0 atom stereocenters. The van der Waals surface area contributed by atoms with Gasteiger partial charge in [0, 0.05) is 37.5 Å². The zero-order valence-electron chi connectivity index (χ0n) is 11.8. The van der Waals surface area contributed by atoms with Gasteiger partial charge in [-0.25, -0.2) is 0 Å². The summed E-state index contributed by atoms with van der Waals surface area (Å²) in [4.78, 5) is 33.5. The molecule has 0 unspecified atom stereocenters. The second kappa shape index (κ2) is 6.52. The molecule has 1 aromatic rings. The summed E-state index contributed by atoms with van der Waals surface area (Å²) in [5, 5.41) is 22.5. The Morgan fingerprint density at radius 3 is 2.36 bits per heavy atom. The summed E-state index contributed by atoms with van der Waals surface area (Å²) in [6, 6.07) is 5.14. The zero-order chi connectivity index (χ0) is 16.2. The summed E-state index contributed by atoms with van der Waals surface area (Å²) >= 11 is 0. The highest BCUT2D eigenvalue weighted by Gasteiger charge is 2.40. The van der Waals surface area contributed by atoms with Crippen LogP contribution in [0.4, 0.5) is 5.69 Å². The van der Waals surface area contributed by atoms with Gasteiger partial charge in [0.1, 0.15) is 0 Å². The Morgan fingerprint density at radius 1 is 1.27 bits per heavy atom. The number of carboxylic acid groups (broad SMARTS) is 1. The van der Waals surface area contributed by atoms with Crippen molar-refractivity contribution < 1.29 is 24.4 Å². The predicted octanol–water partition coefficient (Wildman–Crippen LogP) is 1.21. The molecule has 2 rings (SSSR count). The second-order valence-corrected chi connectivity index (χ2v) is 5.18. The molecule has 0 aliphatic carbocycles. The number of nitrogens with one attached hydrogen (secondary N) is 1. The lowest BCUT2D eigenvalue weighted by atomic mass is 9.80. The standard InChI is InChI=1S/C14H16N2O6/c17-12(10-1-3-11(4-2-10)16(20)21)15-9-14(13(18)19)5-7-22-8-6-14/h1-4H,5-9H2,(H,15,17)(H,18,19). The first kappa shape index (κ1) is 15.9. The van der Waals surface area contributed by atoms with E-state index in [4.69, 9.17) is 4.74 Å². The number of ether oxygens (including phenoxy) is 1. The van der Waals surface area contributed by atoms with E-state index in [2.05, 4.69) is 5.32 Å². The van der Waals surface area contributed by atoms with Crippen molar-refractivity contribution in [3.05, 3.63) is 39.9 Å². The number of hydrogen-bond acceptors (Lipinski definition) is 5. The maximum Gasteiger partial charge on any atom is 0.311 e. The van der Waals surface area contributed by atoms with Gasteiger partial charge in [-0.1, -0.05) is 0 Å². The molecule has 0 aromatic heterocycles. The largest absolute Gasteiger partial charge is 0.481 e. The molecular weight excluding hydrogens is 292 g/mol. The molecule has 0 radical (unpaired) electrons. The second-order valence-electron chi connectivity index (χ2n) is 5.18. The summed E-state index contributed by atoms with van der Waals surface area (Å²) in [6.07, 6.45) is 0.672. The van der Waals surface area contributed by atoms with Crippen LogP contribution in [0.5, 0.6) is 0 Å². The summed E-state index contributed by atoms with van der Waals surface area (Å²) in [7, 11) is 0. The van der Waals surface area contributed by atoms with Gasteiger partial charge in [-0.15, -0.1) is 0 Å². The van der Waals surface area contributed by atoms with E-state index in [0.717, 1.165) is 0 Å². The normalized spacial score (nSPS) is 16.7. The van der Waals surface area contributed by atoms with Crippen LogP contribution in [0.2, 0.25) is 0 Å². The summed E-state index contributed by atoms with van der Waals surface area (Å²) < 4.78 is 5.16. The van der Waals surface area contributed by atoms with E-state index in [-0.39, 0.29) is 17.8 Å². The number of aliphatic carboxylic acids is 1. The van der Waals surface area contributed by atoms with Crippen molar-refractivity contribution >= 4 is 17.6 Å². The number of benzene rings is 1. The topological polar surface area (TPSA) is 119 Å². The highest BCUT2D eigenvalue weighted by Crippen LogP contribution is 2.30. The van der Waals surface area contributed by atoms with Crippen LogP contribution in [0.1, 0.15) is 23.2 Å². The van der Waals surface area contributed by atoms with Gasteiger partial charge in [-0.05, 0) is 25.0 Å². The molecule has 8 heteroatoms. The molecule has 2 N–H and O–H groups in total. The molecule has 0 bridgehead atoms. The summed E-state index contributed by atoms with van der Waals surface area (Å²) in [5.41, 5.74) is -0.879. The Kier molecular flexibility index (Phi) is 4.71. The van der Waals surface area contributed by atoms with Crippen LogP contribution in [0, 0.1) is 15.5 Å². The zero-order valence-corrected chi connectivity index (χ0v) is 11.8. The van der Waals surface area contributed by atoms with Gasteiger partial charge in [0.05, 0.1) is 10.3 Å². The predicted molar refractivity (Wildman–Crippen MR) is 75.6 cm³/mol. The summed E-state index contributed by atoms with van der Waals surface area (Å²) in [6.45, 7) is 0.695. The van der Waals surface area contributed by atoms with Gasteiger partial charge in [-0.2, -0.15) is 0 Å². The lowest BCUT2D eigenvalue weighted by Crippen LogP contribution is -2.46. The number of amides is 1. The van der Waals surface area contributed by atoms with Crippen LogP contribution < -0.4 is 5.32 Å². The minimum Gasteiger partial charge on any atom is -0.481 e. The van der Waals surface area contributed by atoms with Crippen molar-refractivity contribution in [3.8, 4) is 0 Å². The maximum atomic E-state index is 12.0. The fourth-order valence-electron chi connectivity index (χ4n) is 2.31. The van der Waals surface area contributed by atoms with Gasteiger partial charge < -0.3 is 15.2 Å². The van der Waals surface area contributed by atoms with Crippen molar-refractivity contribution in [1.82, 2.24) is 5.32 Å². The van der Waals surface area contributed by atoms with Gasteiger partial charge in [0.25, 0.3) is 11.6 Å². The van der Waals surface area contributed by atoms with E-state index in [1.54, 1.807) is 0 Å². The number of carboxylic acids is 1. The molecule has 1 aliphatic heterocycles. The molecule has 0 saturated carbocycles. The third-order valence-electron chi connectivity index (χ3n) is 3.83. The average Bonchev–Trinajstić information content (AvgIpc) is 2.53. The Labute approximate surface area is 126 Å². The third-order valence-corrected chi connectivity index (χ3v) is 3.83. The van der Waals surface area contributed by atoms with E-state index < -0.39 is 22.2 Å². The van der Waals surface area contributed by atoms with Gasteiger partial charge >= 0.3 is 5.97 Å². The number of hydrogen-bond donors (Lipinski definition) is 2. The highest BCUT2D eigenvalue weighted by molar-refractivity contribution is 5.94. The first-order chi connectivity index (χ1) is 10.4. The monoisotopic (exact) mass is 308 g/mol. The van der Waals surface area contributed by atoms with Crippen molar-refractivity contribution in [2.75, 3.05) is 19.8 Å². The fraction of sp³-hybridized carbons (Fsp3) is 0.429. The minimum absolute atomic E-state index is 0.00150. The first-order valence-electron chi connectivity index (χ1n) is 6.78. The van der Waals surface area contributed by atoms with Gasteiger partial charge in [0.15, 0.2) is 0 Å². The van der Waals surface area contributed by atoms with Crippen LogP contribution in [0.25, 0.3) is 0 Å². The van der Waals surface area contributed by atoms with Crippen LogP contribution in [0.15, 0.2) is 24.3 Å². The number of carbonyl (C=O) groups is 2. The Hall–Kier alpha value is -2.48. The van der Waals surface area contributed by atoms with Crippen molar-refractivity contribution in [3.63, 3.8) is 0 Å². The third kappa shape index (κ3) is 3.40. The van der Waals surface area contributed by atoms with Crippen molar-refractivity contribution in [2.45, 2.75) is 12.8 Å². The van der Waals surface area contributed by atoms with Gasteiger partial charge in [-0.3, -0.25) is 19.7 Å². The smallest absolute Gasteiger partial charge is 0.311 e. The molecule has 1 aromatic carbocycles. The maximum absolute atomic E-state index is 12.0. The number of non-ortho nitro benzene ring substituents is 1. The van der Waals surface area contributed by atoms with Crippen LogP contribution >= 0.6 is 0 Å². The molecule has 1 amide bonds. The Morgan fingerprint density at radius 2 is 1.86 bits per heavy atom.